The van der Waals surface area contributed by atoms with Gasteiger partial charge in [-0.15, -0.1) is 11.3 Å². The van der Waals surface area contributed by atoms with Crippen molar-refractivity contribution in [2.24, 2.45) is 0 Å². The minimum Gasteiger partial charge on any atom is -0.463 e. The van der Waals surface area contributed by atoms with Gasteiger partial charge in [-0.2, -0.15) is 0 Å². The number of benzene rings is 1. The second-order valence-electron chi connectivity index (χ2n) is 8.34. The first-order valence-corrected chi connectivity index (χ1v) is 11.8. The van der Waals surface area contributed by atoms with Crippen molar-refractivity contribution >= 4 is 51.6 Å². The Morgan fingerprint density at radius 3 is 2.91 bits per heavy atom. The fourth-order valence-electron chi connectivity index (χ4n) is 4.10. The quantitative estimate of drug-likeness (QED) is 0.485. The molecule has 33 heavy (non-hydrogen) atoms. The van der Waals surface area contributed by atoms with Crippen LogP contribution in [0, 0.1) is 0 Å². The van der Waals surface area contributed by atoms with Crippen LogP contribution in [0.15, 0.2) is 24.3 Å². The minimum atomic E-state index is -0.613. The molecule has 2 atom stereocenters. The molecule has 2 aromatic heterocycles. The predicted octanol–water partition coefficient (Wildman–Crippen LogP) is 2.11. The summed E-state index contributed by atoms with van der Waals surface area (Å²) >= 11 is 7.40. The van der Waals surface area contributed by atoms with Gasteiger partial charge in [0, 0.05) is 40.3 Å². The molecule has 0 spiro atoms. The van der Waals surface area contributed by atoms with Crippen molar-refractivity contribution in [1.29, 1.82) is 0 Å². The Bertz CT molecular complexity index is 1250. The number of nitrogens with zero attached hydrogens (tertiary/aromatic N) is 2. The molecular formula is C22H22ClN5O4S. The van der Waals surface area contributed by atoms with Crippen LogP contribution in [0.25, 0.3) is 10.9 Å². The highest BCUT2D eigenvalue weighted by Gasteiger charge is 2.34. The molecule has 1 saturated heterocycles. The zero-order valence-electron chi connectivity index (χ0n) is 17.8. The maximum atomic E-state index is 12.9. The van der Waals surface area contributed by atoms with Gasteiger partial charge in [-0.25, -0.2) is 4.98 Å². The fraction of sp³-hybridized carbons (Fsp3) is 0.364. The van der Waals surface area contributed by atoms with Crippen LogP contribution in [-0.4, -0.2) is 64.9 Å². The van der Waals surface area contributed by atoms with Crippen LogP contribution in [-0.2, 0) is 22.5 Å². The number of amides is 2. The standard InChI is InChI=1S/C22H22ClN5O4S/c1-28-5-4-14-18(9-28)33-22(27-14)21(31)26-17-10-32-19(29)8-15(17)25-20(30)16-7-11-6-12(23)2-3-13(11)24-16/h2-3,6-7,15,17,24H,4-5,8-10H2,1H3,(H,25,30)(H,26,31)/t15-,17-/m0/s1. The maximum Gasteiger partial charge on any atom is 0.308 e. The fourth-order valence-corrected chi connectivity index (χ4v) is 5.37. The number of likely N-dealkylation sites (N-methyl/N-ethyl adjacent to an activating group) is 1. The number of H-pyrrole nitrogens is 1. The topological polar surface area (TPSA) is 116 Å². The summed E-state index contributed by atoms with van der Waals surface area (Å²) in [5, 5.41) is 7.51. The van der Waals surface area contributed by atoms with Gasteiger partial charge in [-0.3, -0.25) is 14.4 Å². The molecule has 5 rings (SSSR count). The van der Waals surface area contributed by atoms with E-state index in [1.165, 1.54) is 11.3 Å². The van der Waals surface area contributed by atoms with E-state index in [2.05, 4.69) is 25.5 Å². The summed E-state index contributed by atoms with van der Waals surface area (Å²) < 4.78 is 5.15. The van der Waals surface area contributed by atoms with E-state index in [9.17, 15) is 14.4 Å². The smallest absolute Gasteiger partial charge is 0.308 e. The van der Waals surface area contributed by atoms with E-state index in [4.69, 9.17) is 16.3 Å². The van der Waals surface area contributed by atoms with Crippen LogP contribution < -0.4 is 10.6 Å². The monoisotopic (exact) mass is 487 g/mol. The average Bonchev–Trinajstić information content (AvgIpc) is 3.39. The Kier molecular flexibility index (Phi) is 5.81. The van der Waals surface area contributed by atoms with Gasteiger partial charge in [0.1, 0.15) is 12.3 Å². The third-order valence-corrected chi connectivity index (χ3v) is 7.19. The number of halogens is 1. The highest BCUT2D eigenvalue weighted by Crippen LogP contribution is 2.25. The second-order valence-corrected chi connectivity index (χ2v) is 9.86. The molecule has 1 fully saturated rings. The molecule has 1 aromatic carbocycles. The number of esters is 1. The Morgan fingerprint density at radius 2 is 2.06 bits per heavy atom. The maximum absolute atomic E-state index is 12.9. The summed E-state index contributed by atoms with van der Waals surface area (Å²) in [7, 11) is 2.04. The molecule has 3 aromatic rings. The van der Waals surface area contributed by atoms with Gasteiger partial charge in [0.15, 0.2) is 5.01 Å². The lowest BCUT2D eigenvalue weighted by molar-refractivity contribution is -0.149. The van der Waals surface area contributed by atoms with Crippen molar-refractivity contribution in [3.63, 3.8) is 0 Å². The molecule has 2 aliphatic rings. The molecule has 0 saturated carbocycles. The zero-order valence-corrected chi connectivity index (χ0v) is 19.4. The third kappa shape index (κ3) is 4.59. The highest BCUT2D eigenvalue weighted by molar-refractivity contribution is 7.13. The van der Waals surface area contributed by atoms with Gasteiger partial charge in [0.2, 0.25) is 0 Å². The number of carbonyl (C=O) groups excluding carboxylic acids is 3. The number of thiazole rings is 1. The Labute approximate surface area is 198 Å². The van der Waals surface area contributed by atoms with Crippen molar-refractivity contribution in [2.75, 3.05) is 20.2 Å². The van der Waals surface area contributed by atoms with Gasteiger partial charge in [-0.05, 0) is 31.3 Å². The van der Waals surface area contributed by atoms with E-state index in [-0.39, 0.29) is 24.8 Å². The Hall–Kier alpha value is -2.95. The number of hydrogen-bond donors (Lipinski definition) is 3. The van der Waals surface area contributed by atoms with Gasteiger partial charge < -0.3 is 25.3 Å². The molecule has 2 aliphatic heterocycles. The largest absolute Gasteiger partial charge is 0.463 e. The van der Waals surface area contributed by atoms with E-state index in [1.807, 2.05) is 7.05 Å². The van der Waals surface area contributed by atoms with Gasteiger partial charge in [-0.1, -0.05) is 11.6 Å². The van der Waals surface area contributed by atoms with Crippen LogP contribution in [0.4, 0.5) is 0 Å². The first-order chi connectivity index (χ1) is 15.9. The van der Waals surface area contributed by atoms with Crippen molar-refractivity contribution < 1.29 is 19.1 Å². The number of carbonyl (C=O) groups is 3. The lowest BCUT2D eigenvalue weighted by Crippen LogP contribution is -2.57. The first kappa shape index (κ1) is 21.9. The van der Waals surface area contributed by atoms with Crippen molar-refractivity contribution in [1.82, 2.24) is 25.5 Å². The van der Waals surface area contributed by atoms with E-state index in [0.717, 1.165) is 41.0 Å². The number of aromatic amines is 1. The van der Waals surface area contributed by atoms with Crippen molar-refractivity contribution in [2.45, 2.75) is 31.5 Å². The van der Waals surface area contributed by atoms with E-state index in [1.54, 1.807) is 24.3 Å². The minimum absolute atomic E-state index is 0.0222. The normalized spacial score (nSPS) is 20.8. The first-order valence-electron chi connectivity index (χ1n) is 10.6. The summed E-state index contributed by atoms with van der Waals surface area (Å²) in [4.78, 5) is 48.5. The lowest BCUT2D eigenvalue weighted by Gasteiger charge is -2.31. The molecule has 0 aliphatic carbocycles. The zero-order chi connectivity index (χ0) is 23.1. The number of fused-ring (bicyclic) bond motifs is 2. The molecule has 172 valence electrons. The molecule has 2 amide bonds. The molecule has 3 N–H and O–H groups in total. The Balaban J connectivity index is 1.30. The molecule has 4 heterocycles. The van der Waals surface area contributed by atoms with E-state index < -0.39 is 18.1 Å². The van der Waals surface area contributed by atoms with Crippen LogP contribution in [0.2, 0.25) is 5.02 Å². The van der Waals surface area contributed by atoms with Crippen LogP contribution in [0.3, 0.4) is 0 Å². The van der Waals surface area contributed by atoms with Crippen LogP contribution in [0.1, 0.15) is 37.3 Å². The highest BCUT2D eigenvalue weighted by atomic mass is 35.5. The third-order valence-electron chi connectivity index (χ3n) is 5.87. The van der Waals surface area contributed by atoms with E-state index >= 15 is 0 Å². The second kappa shape index (κ2) is 8.77. The summed E-state index contributed by atoms with van der Waals surface area (Å²) in [6.45, 7) is 1.66. The predicted molar refractivity (Wildman–Crippen MR) is 124 cm³/mol. The van der Waals surface area contributed by atoms with E-state index in [0.29, 0.717) is 15.7 Å². The molecule has 11 heteroatoms. The van der Waals surface area contributed by atoms with Gasteiger partial charge in [0.25, 0.3) is 11.8 Å². The number of cyclic esters (lactones) is 1. The molecule has 9 nitrogen and oxygen atoms in total. The number of hydrogen-bond acceptors (Lipinski definition) is 7. The van der Waals surface area contributed by atoms with Gasteiger partial charge in [0.05, 0.1) is 24.2 Å². The summed E-state index contributed by atoms with van der Waals surface area (Å²) in [5.74, 6) is -1.14. The van der Waals surface area contributed by atoms with Crippen LogP contribution >= 0.6 is 22.9 Å². The van der Waals surface area contributed by atoms with Crippen molar-refractivity contribution in [3.05, 3.63) is 50.6 Å². The number of aromatic nitrogens is 2. The molecule has 0 radical (unpaired) electrons. The Morgan fingerprint density at radius 1 is 1.24 bits per heavy atom. The summed E-state index contributed by atoms with van der Waals surface area (Å²) in [5.41, 5.74) is 2.07. The average molecular weight is 488 g/mol. The van der Waals surface area contributed by atoms with Gasteiger partial charge >= 0.3 is 5.97 Å². The summed E-state index contributed by atoms with van der Waals surface area (Å²) in [6, 6.07) is 5.80. The molecular weight excluding hydrogens is 466 g/mol. The molecule has 0 bridgehead atoms. The summed E-state index contributed by atoms with van der Waals surface area (Å²) in [6.07, 6.45) is 0.771. The van der Waals surface area contributed by atoms with Crippen molar-refractivity contribution in [3.8, 4) is 0 Å². The SMILES string of the molecule is CN1CCc2nc(C(=O)N[C@H]3COC(=O)C[C@@H]3NC(=O)c3cc4cc(Cl)ccc4[nH]3)sc2C1. The number of nitrogens with one attached hydrogen (secondary N) is 3. The molecule has 0 unspecified atom stereocenters. The van der Waals surface area contributed by atoms with Crippen LogP contribution in [0.5, 0.6) is 0 Å². The number of rotatable bonds is 4. The number of ether oxygens (including phenoxy) is 1. The lowest BCUT2D eigenvalue weighted by atomic mass is 10.0.